The topological polar surface area (TPSA) is 68.0 Å². The van der Waals surface area contributed by atoms with Gasteiger partial charge in [0.25, 0.3) is 0 Å². The second-order valence-corrected chi connectivity index (χ2v) is 4.97. The van der Waals surface area contributed by atoms with Crippen LogP contribution < -0.4 is 11.1 Å². The van der Waals surface area contributed by atoms with Gasteiger partial charge in [-0.1, -0.05) is 25.1 Å². The smallest absolute Gasteiger partial charge is 0.224 e. The number of fused-ring (bicyclic) bond motifs is 1. The normalized spacial score (nSPS) is 13.1. The molecule has 0 aliphatic carbocycles. The molecule has 3 N–H and O–H groups in total. The predicted octanol–water partition coefficient (Wildman–Crippen LogP) is 3.20. The van der Waals surface area contributed by atoms with E-state index in [4.69, 9.17) is 5.73 Å². The summed E-state index contributed by atoms with van der Waals surface area (Å²) in [5, 5.41) is 2.99. The van der Waals surface area contributed by atoms with Crippen molar-refractivity contribution in [3.05, 3.63) is 41.6 Å². The molecular formula is C16H18ClN3O. The number of nitrogens with zero attached hydrogens (tertiary/aromatic N) is 1. The number of anilines is 2. The van der Waals surface area contributed by atoms with Crippen molar-refractivity contribution in [3.63, 3.8) is 0 Å². The molecule has 0 spiro atoms. The zero-order valence-electron chi connectivity index (χ0n) is 11.8. The van der Waals surface area contributed by atoms with Gasteiger partial charge in [0.1, 0.15) is 5.82 Å². The summed E-state index contributed by atoms with van der Waals surface area (Å²) in [6.07, 6.45) is 2.15. The van der Waals surface area contributed by atoms with E-state index in [0.29, 0.717) is 12.2 Å². The maximum atomic E-state index is 11.7. The summed E-state index contributed by atoms with van der Waals surface area (Å²) in [6.45, 7) is 2.05. The molecule has 1 aromatic heterocycles. The SMILES string of the molecule is CCc1nc(N)ccc1-c1cccc2c1NC(=O)CC2.Cl. The lowest BCUT2D eigenvalue weighted by molar-refractivity contribution is -0.116. The standard InChI is InChI=1S/C16H17N3O.ClH/c1-2-13-11(7-8-14(17)18-13)12-5-3-4-10-6-9-15(20)19-16(10)12;/h3-5,7-8H,2,6,9H2,1H3,(H2,17,18)(H,19,20);1H. The molecule has 4 nitrogen and oxygen atoms in total. The van der Waals surface area contributed by atoms with Crippen molar-refractivity contribution in [1.29, 1.82) is 0 Å². The molecule has 1 amide bonds. The first-order chi connectivity index (χ1) is 9.69. The van der Waals surface area contributed by atoms with E-state index in [9.17, 15) is 4.79 Å². The van der Waals surface area contributed by atoms with Crippen LogP contribution in [0.4, 0.5) is 11.5 Å². The zero-order valence-corrected chi connectivity index (χ0v) is 12.7. The largest absolute Gasteiger partial charge is 0.384 e. The van der Waals surface area contributed by atoms with E-state index >= 15 is 0 Å². The van der Waals surface area contributed by atoms with Crippen LogP contribution in [0.15, 0.2) is 30.3 Å². The monoisotopic (exact) mass is 303 g/mol. The molecule has 1 aliphatic rings. The molecule has 1 aromatic carbocycles. The molecule has 0 saturated heterocycles. The van der Waals surface area contributed by atoms with Gasteiger partial charge < -0.3 is 11.1 Å². The second-order valence-electron chi connectivity index (χ2n) is 4.97. The summed E-state index contributed by atoms with van der Waals surface area (Å²) in [5.41, 5.74) is 10.9. The van der Waals surface area contributed by atoms with Gasteiger partial charge in [0.15, 0.2) is 0 Å². The third-order valence-electron chi connectivity index (χ3n) is 3.66. The van der Waals surface area contributed by atoms with E-state index in [1.54, 1.807) is 6.07 Å². The Balaban J connectivity index is 0.00000161. The maximum Gasteiger partial charge on any atom is 0.224 e. The number of amides is 1. The average Bonchev–Trinajstić information content (AvgIpc) is 2.46. The highest BCUT2D eigenvalue weighted by Gasteiger charge is 2.19. The molecule has 21 heavy (non-hydrogen) atoms. The zero-order chi connectivity index (χ0) is 14.1. The van der Waals surface area contributed by atoms with Gasteiger partial charge in [-0.25, -0.2) is 4.98 Å². The highest BCUT2D eigenvalue weighted by molar-refractivity contribution is 5.99. The predicted molar refractivity (Wildman–Crippen MR) is 87.7 cm³/mol. The Morgan fingerprint density at radius 2 is 2.00 bits per heavy atom. The van der Waals surface area contributed by atoms with Crippen molar-refractivity contribution in [2.45, 2.75) is 26.2 Å². The summed E-state index contributed by atoms with van der Waals surface area (Å²) >= 11 is 0. The number of benzene rings is 1. The highest BCUT2D eigenvalue weighted by atomic mass is 35.5. The fourth-order valence-corrected chi connectivity index (χ4v) is 2.66. The van der Waals surface area contributed by atoms with Crippen LogP contribution in [0.2, 0.25) is 0 Å². The number of halogens is 1. The number of para-hydroxylation sites is 1. The van der Waals surface area contributed by atoms with Crippen LogP contribution >= 0.6 is 12.4 Å². The van der Waals surface area contributed by atoms with Crippen LogP contribution in [0.25, 0.3) is 11.1 Å². The number of carbonyl (C=O) groups is 1. The Hall–Kier alpha value is -2.07. The lowest BCUT2D eigenvalue weighted by atomic mass is 9.94. The Morgan fingerprint density at radius 3 is 2.76 bits per heavy atom. The minimum Gasteiger partial charge on any atom is -0.384 e. The Bertz CT molecular complexity index is 685. The number of carbonyl (C=O) groups excluding carboxylic acids is 1. The number of nitrogen functional groups attached to an aromatic ring is 1. The molecule has 2 aromatic rings. The van der Waals surface area contributed by atoms with Crippen LogP contribution in [0.5, 0.6) is 0 Å². The highest BCUT2D eigenvalue weighted by Crippen LogP contribution is 2.35. The van der Waals surface area contributed by atoms with Crippen molar-refractivity contribution in [2.75, 3.05) is 11.1 Å². The lowest BCUT2D eigenvalue weighted by Gasteiger charge is -2.21. The third-order valence-corrected chi connectivity index (χ3v) is 3.66. The molecule has 0 radical (unpaired) electrons. The van der Waals surface area contributed by atoms with Crippen molar-refractivity contribution < 1.29 is 4.79 Å². The van der Waals surface area contributed by atoms with Crippen molar-refractivity contribution >= 4 is 29.8 Å². The summed E-state index contributed by atoms with van der Waals surface area (Å²) in [5.74, 6) is 0.603. The third kappa shape index (κ3) is 2.85. The molecule has 1 aliphatic heterocycles. The molecule has 0 bridgehead atoms. The van der Waals surface area contributed by atoms with Crippen LogP contribution in [-0.2, 0) is 17.6 Å². The molecule has 0 fully saturated rings. The number of pyridine rings is 1. The van der Waals surface area contributed by atoms with E-state index in [0.717, 1.165) is 35.3 Å². The lowest BCUT2D eigenvalue weighted by Crippen LogP contribution is -2.19. The van der Waals surface area contributed by atoms with Crippen LogP contribution in [0.3, 0.4) is 0 Å². The molecular weight excluding hydrogens is 286 g/mol. The van der Waals surface area contributed by atoms with Crippen LogP contribution in [0, 0.1) is 0 Å². The molecule has 2 heterocycles. The average molecular weight is 304 g/mol. The molecule has 0 atom stereocenters. The Morgan fingerprint density at radius 1 is 1.19 bits per heavy atom. The fraction of sp³-hybridized carbons (Fsp3) is 0.250. The number of rotatable bonds is 2. The fourth-order valence-electron chi connectivity index (χ4n) is 2.66. The molecule has 5 heteroatoms. The number of aromatic nitrogens is 1. The van der Waals surface area contributed by atoms with Gasteiger partial charge in [0, 0.05) is 17.5 Å². The molecule has 0 saturated carbocycles. The van der Waals surface area contributed by atoms with E-state index in [1.165, 1.54) is 5.56 Å². The maximum absolute atomic E-state index is 11.7. The van der Waals surface area contributed by atoms with Crippen LogP contribution in [-0.4, -0.2) is 10.9 Å². The van der Waals surface area contributed by atoms with Gasteiger partial charge in [-0.05, 0) is 30.5 Å². The summed E-state index contributed by atoms with van der Waals surface area (Å²) < 4.78 is 0. The summed E-state index contributed by atoms with van der Waals surface area (Å²) in [4.78, 5) is 16.1. The van der Waals surface area contributed by atoms with Gasteiger partial charge in [-0.3, -0.25) is 4.79 Å². The second kappa shape index (κ2) is 6.14. The minimum absolute atomic E-state index is 0. The number of nitrogens with two attached hydrogens (primary N) is 1. The number of hydrogen-bond acceptors (Lipinski definition) is 3. The van der Waals surface area contributed by atoms with E-state index in [2.05, 4.69) is 23.3 Å². The minimum atomic E-state index is 0. The van der Waals surface area contributed by atoms with Gasteiger partial charge >= 0.3 is 0 Å². The Labute approximate surface area is 130 Å². The molecule has 110 valence electrons. The Kier molecular flexibility index (Phi) is 4.48. The van der Waals surface area contributed by atoms with Crippen molar-refractivity contribution in [1.82, 2.24) is 4.98 Å². The van der Waals surface area contributed by atoms with E-state index in [-0.39, 0.29) is 18.3 Å². The van der Waals surface area contributed by atoms with Gasteiger partial charge in [0.2, 0.25) is 5.91 Å². The van der Waals surface area contributed by atoms with E-state index in [1.807, 2.05) is 18.2 Å². The van der Waals surface area contributed by atoms with Gasteiger partial charge in [-0.15, -0.1) is 12.4 Å². The number of hydrogen-bond donors (Lipinski definition) is 2. The summed E-state index contributed by atoms with van der Waals surface area (Å²) in [6, 6.07) is 9.91. The van der Waals surface area contributed by atoms with Gasteiger partial charge in [0.05, 0.1) is 11.4 Å². The quantitative estimate of drug-likeness (QED) is 0.895. The first-order valence-electron chi connectivity index (χ1n) is 6.86. The van der Waals surface area contributed by atoms with Gasteiger partial charge in [-0.2, -0.15) is 0 Å². The first-order valence-corrected chi connectivity index (χ1v) is 6.86. The molecule has 0 unspecified atom stereocenters. The van der Waals surface area contributed by atoms with E-state index < -0.39 is 0 Å². The molecule has 3 rings (SSSR count). The number of nitrogens with one attached hydrogen (secondary N) is 1. The summed E-state index contributed by atoms with van der Waals surface area (Å²) in [7, 11) is 0. The first kappa shape index (κ1) is 15.3. The van der Waals surface area contributed by atoms with Crippen LogP contribution in [0.1, 0.15) is 24.6 Å². The number of aryl methyl sites for hydroxylation is 2. The van der Waals surface area contributed by atoms with Crippen molar-refractivity contribution in [3.8, 4) is 11.1 Å². The van der Waals surface area contributed by atoms with Crippen molar-refractivity contribution in [2.24, 2.45) is 0 Å².